The molecule has 1 amide bonds. The molecule has 1 atom stereocenters. The summed E-state index contributed by atoms with van der Waals surface area (Å²) in [6.45, 7) is 5.90. The second-order valence-corrected chi connectivity index (χ2v) is 9.50. The third-order valence-electron chi connectivity index (χ3n) is 6.27. The van der Waals surface area contributed by atoms with Crippen molar-refractivity contribution >= 4 is 40.7 Å². The highest BCUT2D eigenvalue weighted by molar-refractivity contribution is 6.51. The molecule has 0 bridgehead atoms. The first-order chi connectivity index (χ1) is 18.2. The first-order valence-electron chi connectivity index (χ1n) is 12.2. The van der Waals surface area contributed by atoms with Crippen LogP contribution in [0.5, 0.6) is 5.75 Å². The van der Waals surface area contributed by atoms with Gasteiger partial charge in [-0.25, -0.2) is 4.79 Å². The number of benzene rings is 3. The summed E-state index contributed by atoms with van der Waals surface area (Å²) in [5, 5.41) is 11.8. The lowest BCUT2D eigenvalue weighted by Crippen LogP contribution is -2.29. The van der Waals surface area contributed by atoms with Crippen molar-refractivity contribution in [2.75, 3.05) is 18.6 Å². The lowest BCUT2D eigenvalue weighted by atomic mass is 9.93. The molecule has 196 valence electrons. The van der Waals surface area contributed by atoms with Crippen LogP contribution in [0.15, 0.2) is 66.2 Å². The van der Waals surface area contributed by atoms with Crippen molar-refractivity contribution in [2.24, 2.45) is 0 Å². The zero-order chi connectivity index (χ0) is 27.6. The Morgan fingerprint density at radius 2 is 1.74 bits per heavy atom. The molecule has 0 spiro atoms. The van der Waals surface area contributed by atoms with Gasteiger partial charge in [0.1, 0.15) is 11.5 Å². The van der Waals surface area contributed by atoms with E-state index in [1.54, 1.807) is 49.4 Å². The zero-order valence-electron chi connectivity index (χ0n) is 21.6. The number of amides is 1. The molecule has 0 aliphatic carbocycles. The van der Waals surface area contributed by atoms with Gasteiger partial charge < -0.3 is 14.6 Å². The summed E-state index contributed by atoms with van der Waals surface area (Å²) in [4.78, 5) is 40.5. The Kier molecular flexibility index (Phi) is 7.88. The molecule has 1 saturated heterocycles. The van der Waals surface area contributed by atoms with Crippen molar-refractivity contribution in [3.05, 3.63) is 99.1 Å². The van der Waals surface area contributed by atoms with E-state index in [9.17, 15) is 19.5 Å². The highest BCUT2D eigenvalue weighted by atomic mass is 35.5. The Hall–Kier alpha value is -4.10. The van der Waals surface area contributed by atoms with Crippen LogP contribution in [-0.4, -0.2) is 36.5 Å². The van der Waals surface area contributed by atoms with Gasteiger partial charge in [0, 0.05) is 5.69 Å². The van der Waals surface area contributed by atoms with E-state index in [4.69, 9.17) is 21.1 Å². The summed E-state index contributed by atoms with van der Waals surface area (Å²) in [5.74, 6) is -2.32. The number of aliphatic hydroxyl groups is 1. The number of anilines is 1. The summed E-state index contributed by atoms with van der Waals surface area (Å²) in [7, 11) is 1.41. The van der Waals surface area contributed by atoms with Crippen molar-refractivity contribution in [1.29, 1.82) is 0 Å². The molecule has 1 heterocycles. The molecule has 0 aromatic heterocycles. The number of carbonyl (C=O) groups excluding carboxylic acids is 3. The number of rotatable bonds is 7. The van der Waals surface area contributed by atoms with Crippen LogP contribution in [0.3, 0.4) is 0 Å². The fourth-order valence-electron chi connectivity index (χ4n) is 4.55. The van der Waals surface area contributed by atoms with E-state index in [-0.39, 0.29) is 27.7 Å². The van der Waals surface area contributed by atoms with Crippen LogP contribution >= 0.6 is 11.6 Å². The maximum absolute atomic E-state index is 13.5. The monoisotopic (exact) mass is 533 g/mol. The van der Waals surface area contributed by atoms with Gasteiger partial charge in [-0.05, 0) is 67.8 Å². The number of aryl methyl sites for hydroxylation is 2. The lowest BCUT2D eigenvalue weighted by molar-refractivity contribution is -0.132. The molecule has 3 aromatic rings. The molecular formula is C30H28ClNO6. The Morgan fingerprint density at radius 1 is 1.03 bits per heavy atom. The van der Waals surface area contributed by atoms with Crippen molar-refractivity contribution in [3.8, 4) is 5.75 Å². The van der Waals surface area contributed by atoms with Crippen LogP contribution in [0.2, 0.25) is 5.02 Å². The van der Waals surface area contributed by atoms with Gasteiger partial charge in [0.15, 0.2) is 0 Å². The number of carbonyl (C=O) groups is 3. The SMILES string of the molecule is CCCOC(=O)c1ccc(N2C(=O)C(=O)/C(=C(/O)c3cc(C)cc(Cl)c3OC)C2c2cccc(C)c2)cc1. The minimum absolute atomic E-state index is 0.0907. The second kappa shape index (κ2) is 11.1. The number of aliphatic hydroxyl groups excluding tert-OH is 1. The number of ether oxygens (including phenoxy) is 2. The fourth-order valence-corrected chi connectivity index (χ4v) is 4.90. The maximum Gasteiger partial charge on any atom is 0.338 e. The minimum Gasteiger partial charge on any atom is -0.507 e. The third kappa shape index (κ3) is 5.02. The average Bonchev–Trinajstić information content (AvgIpc) is 3.16. The highest BCUT2D eigenvalue weighted by Crippen LogP contribution is 2.44. The van der Waals surface area contributed by atoms with Gasteiger partial charge in [0.05, 0.1) is 41.5 Å². The normalized spacial score (nSPS) is 16.6. The number of nitrogens with zero attached hydrogens (tertiary/aromatic N) is 1. The lowest BCUT2D eigenvalue weighted by Gasteiger charge is -2.26. The first kappa shape index (κ1) is 26.9. The van der Waals surface area contributed by atoms with E-state index in [2.05, 4.69) is 0 Å². The van der Waals surface area contributed by atoms with E-state index in [0.717, 1.165) is 11.1 Å². The summed E-state index contributed by atoms with van der Waals surface area (Å²) < 4.78 is 10.6. The summed E-state index contributed by atoms with van der Waals surface area (Å²) in [5.41, 5.74) is 3.12. The average molecular weight is 534 g/mol. The Labute approximate surface area is 226 Å². The van der Waals surface area contributed by atoms with E-state index in [1.807, 2.05) is 32.0 Å². The number of Topliss-reactive ketones (excluding diaryl/α,β-unsaturated/α-hetero) is 1. The minimum atomic E-state index is -0.934. The van der Waals surface area contributed by atoms with Gasteiger partial charge in [-0.2, -0.15) is 0 Å². The molecule has 0 saturated carbocycles. The third-order valence-corrected chi connectivity index (χ3v) is 6.55. The highest BCUT2D eigenvalue weighted by Gasteiger charge is 2.47. The summed E-state index contributed by atoms with van der Waals surface area (Å²) in [6, 6.07) is 16.0. The van der Waals surface area contributed by atoms with E-state index < -0.39 is 23.7 Å². The first-order valence-corrected chi connectivity index (χ1v) is 12.5. The molecule has 1 aliphatic heterocycles. The number of ketones is 1. The number of hydrogen-bond acceptors (Lipinski definition) is 6. The van der Waals surface area contributed by atoms with Crippen LogP contribution in [0.25, 0.3) is 5.76 Å². The standard InChI is InChI=1S/C30H28ClNO6/c1-5-13-38-30(36)19-9-11-21(12-10-19)32-25(20-8-6-7-17(2)14-20)24(27(34)29(32)35)26(33)22-15-18(3)16-23(31)28(22)37-4/h6-12,14-16,25,33H,5,13H2,1-4H3/b26-24+. The van der Waals surface area contributed by atoms with Crippen molar-refractivity contribution in [2.45, 2.75) is 33.2 Å². The van der Waals surface area contributed by atoms with Gasteiger partial charge in [-0.1, -0.05) is 48.4 Å². The predicted octanol–water partition coefficient (Wildman–Crippen LogP) is 6.16. The van der Waals surface area contributed by atoms with Crippen molar-refractivity contribution < 1.29 is 29.0 Å². The van der Waals surface area contributed by atoms with Crippen LogP contribution in [0.4, 0.5) is 5.69 Å². The molecule has 0 radical (unpaired) electrons. The van der Waals surface area contributed by atoms with Gasteiger partial charge in [-0.3, -0.25) is 14.5 Å². The quantitative estimate of drug-likeness (QED) is 0.169. The molecular weight excluding hydrogens is 506 g/mol. The molecule has 3 aromatic carbocycles. The number of esters is 1. The molecule has 1 N–H and O–H groups in total. The number of methoxy groups -OCH3 is 1. The van der Waals surface area contributed by atoms with Crippen LogP contribution < -0.4 is 9.64 Å². The van der Waals surface area contributed by atoms with Crippen molar-refractivity contribution in [1.82, 2.24) is 0 Å². The van der Waals surface area contributed by atoms with Gasteiger partial charge in [-0.15, -0.1) is 0 Å². The largest absolute Gasteiger partial charge is 0.507 e. The molecule has 7 nitrogen and oxygen atoms in total. The van der Waals surface area contributed by atoms with E-state index in [0.29, 0.717) is 29.8 Å². The van der Waals surface area contributed by atoms with Crippen LogP contribution in [0, 0.1) is 13.8 Å². The molecule has 1 unspecified atom stereocenters. The smallest absolute Gasteiger partial charge is 0.338 e. The van der Waals surface area contributed by atoms with Gasteiger partial charge >= 0.3 is 5.97 Å². The Morgan fingerprint density at radius 3 is 2.37 bits per heavy atom. The molecule has 1 fully saturated rings. The number of hydrogen-bond donors (Lipinski definition) is 1. The maximum atomic E-state index is 13.5. The van der Waals surface area contributed by atoms with Crippen LogP contribution in [-0.2, 0) is 14.3 Å². The Balaban J connectivity index is 1.90. The molecule has 1 aliphatic rings. The molecule has 38 heavy (non-hydrogen) atoms. The summed E-state index contributed by atoms with van der Waals surface area (Å²) >= 11 is 6.36. The zero-order valence-corrected chi connectivity index (χ0v) is 22.3. The predicted molar refractivity (Wildman–Crippen MR) is 146 cm³/mol. The summed E-state index contributed by atoms with van der Waals surface area (Å²) in [6.07, 6.45) is 0.696. The molecule has 8 heteroatoms. The number of halogens is 1. The molecule has 4 rings (SSSR count). The fraction of sp³-hybridized carbons (Fsp3) is 0.233. The van der Waals surface area contributed by atoms with E-state index in [1.165, 1.54) is 12.0 Å². The van der Waals surface area contributed by atoms with Gasteiger partial charge in [0.2, 0.25) is 0 Å². The second-order valence-electron chi connectivity index (χ2n) is 9.09. The Bertz CT molecular complexity index is 1440. The van der Waals surface area contributed by atoms with E-state index >= 15 is 0 Å². The topological polar surface area (TPSA) is 93.1 Å². The van der Waals surface area contributed by atoms with Crippen molar-refractivity contribution in [3.63, 3.8) is 0 Å². The van der Waals surface area contributed by atoms with Gasteiger partial charge in [0.25, 0.3) is 11.7 Å². The van der Waals surface area contributed by atoms with Crippen LogP contribution in [0.1, 0.15) is 52.0 Å².